The standard InChI is InChI=1S/C16H23N3O/c1-10-6-11(2)8-12(7-10)9-13-18-15(20-19-13)14(17)16(3,4)5/h6-8,14H,9,17H2,1-5H3/t14-/m1/s1. The first-order chi connectivity index (χ1) is 9.25. The Bertz CT molecular complexity index is 576. The van der Waals surface area contributed by atoms with Crippen LogP contribution in [-0.4, -0.2) is 10.1 Å². The topological polar surface area (TPSA) is 64.9 Å². The van der Waals surface area contributed by atoms with Crippen LogP contribution in [0.5, 0.6) is 0 Å². The zero-order valence-corrected chi connectivity index (χ0v) is 12.9. The Morgan fingerprint density at radius 3 is 2.30 bits per heavy atom. The highest BCUT2D eigenvalue weighted by atomic mass is 16.5. The molecule has 0 bridgehead atoms. The molecule has 2 N–H and O–H groups in total. The zero-order valence-electron chi connectivity index (χ0n) is 12.9. The summed E-state index contributed by atoms with van der Waals surface area (Å²) in [7, 11) is 0. The quantitative estimate of drug-likeness (QED) is 0.931. The first kappa shape index (κ1) is 14.7. The summed E-state index contributed by atoms with van der Waals surface area (Å²) in [6.45, 7) is 10.4. The van der Waals surface area contributed by atoms with Crippen molar-refractivity contribution in [3.8, 4) is 0 Å². The second-order valence-corrected chi connectivity index (χ2v) is 6.57. The summed E-state index contributed by atoms with van der Waals surface area (Å²) in [5.74, 6) is 1.20. The van der Waals surface area contributed by atoms with Crippen LogP contribution in [0.15, 0.2) is 22.7 Å². The fourth-order valence-electron chi connectivity index (χ4n) is 2.19. The monoisotopic (exact) mass is 273 g/mol. The maximum absolute atomic E-state index is 6.13. The van der Waals surface area contributed by atoms with Crippen LogP contribution in [0.1, 0.15) is 55.2 Å². The SMILES string of the molecule is Cc1cc(C)cc(Cc2noc([C@@H](N)C(C)(C)C)n2)c1. The summed E-state index contributed by atoms with van der Waals surface area (Å²) in [6, 6.07) is 6.20. The maximum Gasteiger partial charge on any atom is 0.244 e. The molecule has 0 amide bonds. The van der Waals surface area contributed by atoms with Gasteiger partial charge in [0.05, 0.1) is 6.04 Å². The minimum absolute atomic E-state index is 0.0935. The van der Waals surface area contributed by atoms with Gasteiger partial charge in [0.2, 0.25) is 5.89 Å². The number of hydrogen-bond donors (Lipinski definition) is 1. The Hall–Kier alpha value is -1.68. The van der Waals surface area contributed by atoms with E-state index in [0.29, 0.717) is 18.1 Å². The molecule has 0 spiro atoms. The third kappa shape index (κ3) is 3.45. The largest absolute Gasteiger partial charge is 0.338 e. The van der Waals surface area contributed by atoms with Crippen molar-refractivity contribution in [3.05, 3.63) is 46.6 Å². The molecule has 1 heterocycles. The predicted octanol–water partition coefficient (Wildman–Crippen LogP) is 3.32. The Morgan fingerprint density at radius 2 is 1.75 bits per heavy atom. The normalized spacial score (nSPS) is 13.5. The Balaban J connectivity index is 2.17. The van der Waals surface area contributed by atoms with Gasteiger partial charge in [-0.3, -0.25) is 0 Å². The number of rotatable bonds is 3. The van der Waals surface area contributed by atoms with Crippen LogP contribution in [0.2, 0.25) is 0 Å². The minimum Gasteiger partial charge on any atom is -0.338 e. The van der Waals surface area contributed by atoms with Crippen LogP contribution in [-0.2, 0) is 6.42 Å². The maximum atomic E-state index is 6.13. The average molecular weight is 273 g/mol. The number of hydrogen-bond acceptors (Lipinski definition) is 4. The lowest BCUT2D eigenvalue weighted by atomic mass is 9.87. The number of nitrogens with zero attached hydrogens (tertiary/aromatic N) is 2. The fourth-order valence-corrected chi connectivity index (χ4v) is 2.19. The summed E-state index contributed by atoms with van der Waals surface area (Å²) in [4.78, 5) is 4.43. The van der Waals surface area contributed by atoms with Gasteiger partial charge in [0.15, 0.2) is 5.82 Å². The van der Waals surface area contributed by atoms with Gasteiger partial charge in [0, 0.05) is 6.42 Å². The molecule has 1 aromatic carbocycles. The highest BCUT2D eigenvalue weighted by molar-refractivity contribution is 5.30. The molecular formula is C16H23N3O. The molecule has 0 unspecified atom stereocenters. The molecule has 1 aromatic heterocycles. The summed E-state index contributed by atoms with van der Waals surface area (Å²) in [6.07, 6.45) is 0.670. The van der Waals surface area contributed by atoms with Gasteiger partial charge in [0.1, 0.15) is 0 Å². The highest BCUT2D eigenvalue weighted by Gasteiger charge is 2.27. The van der Waals surface area contributed by atoms with Crippen molar-refractivity contribution in [1.29, 1.82) is 0 Å². The molecule has 0 aliphatic carbocycles. The molecule has 0 aliphatic rings. The van der Waals surface area contributed by atoms with E-state index in [1.807, 2.05) is 0 Å². The second kappa shape index (κ2) is 5.37. The molecule has 20 heavy (non-hydrogen) atoms. The van der Waals surface area contributed by atoms with E-state index in [1.165, 1.54) is 16.7 Å². The van der Waals surface area contributed by atoms with E-state index >= 15 is 0 Å². The van der Waals surface area contributed by atoms with Crippen LogP contribution >= 0.6 is 0 Å². The molecule has 2 aromatic rings. The van der Waals surface area contributed by atoms with Crippen molar-refractivity contribution in [1.82, 2.24) is 10.1 Å². The van der Waals surface area contributed by atoms with Crippen LogP contribution < -0.4 is 5.73 Å². The van der Waals surface area contributed by atoms with Crippen LogP contribution in [0, 0.1) is 19.3 Å². The summed E-state index contributed by atoms with van der Waals surface area (Å²) < 4.78 is 5.30. The lowest BCUT2D eigenvalue weighted by molar-refractivity contribution is 0.252. The van der Waals surface area contributed by atoms with E-state index in [2.05, 4.69) is 63.0 Å². The molecule has 2 rings (SSSR count). The molecule has 0 saturated carbocycles. The van der Waals surface area contributed by atoms with Crippen molar-refractivity contribution in [2.75, 3.05) is 0 Å². The molecule has 4 nitrogen and oxygen atoms in total. The number of benzene rings is 1. The van der Waals surface area contributed by atoms with Crippen molar-refractivity contribution >= 4 is 0 Å². The lowest BCUT2D eigenvalue weighted by Gasteiger charge is -2.23. The number of nitrogens with two attached hydrogens (primary N) is 1. The van der Waals surface area contributed by atoms with Crippen molar-refractivity contribution in [2.24, 2.45) is 11.1 Å². The molecule has 4 heteroatoms. The van der Waals surface area contributed by atoms with Gasteiger partial charge in [0.25, 0.3) is 0 Å². The predicted molar refractivity (Wildman–Crippen MR) is 79.4 cm³/mol. The molecule has 0 radical (unpaired) electrons. The van der Waals surface area contributed by atoms with Crippen molar-refractivity contribution in [2.45, 2.75) is 47.1 Å². The smallest absolute Gasteiger partial charge is 0.244 e. The molecular weight excluding hydrogens is 250 g/mol. The Kier molecular flexibility index (Phi) is 3.95. The van der Waals surface area contributed by atoms with Crippen LogP contribution in [0.25, 0.3) is 0 Å². The average Bonchev–Trinajstić information content (AvgIpc) is 2.73. The van der Waals surface area contributed by atoms with Gasteiger partial charge >= 0.3 is 0 Å². The molecule has 1 atom stereocenters. The van der Waals surface area contributed by atoms with Crippen molar-refractivity contribution < 1.29 is 4.52 Å². The van der Waals surface area contributed by atoms with Gasteiger partial charge < -0.3 is 10.3 Å². The molecule has 0 saturated heterocycles. The van der Waals surface area contributed by atoms with E-state index in [0.717, 1.165) is 0 Å². The van der Waals surface area contributed by atoms with E-state index in [9.17, 15) is 0 Å². The lowest BCUT2D eigenvalue weighted by Crippen LogP contribution is -2.26. The summed E-state index contributed by atoms with van der Waals surface area (Å²) >= 11 is 0. The van der Waals surface area contributed by atoms with E-state index < -0.39 is 0 Å². The van der Waals surface area contributed by atoms with E-state index in [4.69, 9.17) is 10.3 Å². The molecule has 0 fully saturated rings. The van der Waals surface area contributed by atoms with Gasteiger partial charge in [-0.15, -0.1) is 0 Å². The third-order valence-electron chi connectivity index (χ3n) is 3.33. The highest BCUT2D eigenvalue weighted by Crippen LogP contribution is 2.29. The van der Waals surface area contributed by atoms with E-state index in [-0.39, 0.29) is 11.5 Å². The fraction of sp³-hybridized carbons (Fsp3) is 0.500. The van der Waals surface area contributed by atoms with Crippen LogP contribution in [0.4, 0.5) is 0 Å². The van der Waals surface area contributed by atoms with Gasteiger partial charge in [-0.2, -0.15) is 4.98 Å². The molecule has 0 aliphatic heterocycles. The van der Waals surface area contributed by atoms with Crippen LogP contribution in [0.3, 0.4) is 0 Å². The minimum atomic E-state index is -0.247. The zero-order chi connectivity index (χ0) is 14.9. The van der Waals surface area contributed by atoms with Gasteiger partial charge in [-0.05, 0) is 24.8 Å². The van der Waals surface area contributed by atoms with Crippen molar-refractivity contribution in [3.63, 3.8) is 0 Å². The van der Waals surface area contributed by atoms with Gasteiger partial charge in [-0.25, -0.2) is 0 Å². The third-order valence-corrected chi connectivity index (χ3v) is 3.33. The second-order valence-electron chi connectivity index (χ2n) is 6.57. The first-order valence-corrected chi connectivity index (χ1v) is 6.91. The Morgan fingerprint density at radius 1 is 1.15 bits per heavy atom. The summed E-state index contributed by atoms with van der Waals surface area (Å²) in [5.41, 5.74) is 9.72. The van der Waals surface area contributed by atoms with E-state index in [1.54, 1.807) is 0 Å². The Labute approximate surface area is 120 Å². The number of aromatic nitrogens is 2. The molecule has 108 valence electrons. The number of aryl methyl sites for hydroxylation is 2. The summed E-state index contributed by atoms with van der Waals surface area (Å²) in [5, 5.41) is 4.04. The first-order valence-electron chi connectivity index (χ1n) is 6.91. The van der Waals surface area contributed by atoms with Gasteiger partial charge in [-0.1, -0.05) is 55.3 Å².